The van der Waals surface area contributed by atoms with Crippen molar-refractivity contribution in [3.8, 4) is 0 Å². The minimum atomic E-state index is -0.248. The molecule has 0 spiro atoms. The fourth-order valence-corrected chi connectivity index (χ4v) is 2.75. The third-order valence-electron chi connectivity index (χ3n) is 4.32. The van der Waals surface area contributed by atoms with Crippen molar-refractivity contribution >= 4 is 5.97 Å². The van der Waals surface area contributed by atoms with Gasteiger partial charge in [0.1, 0.15) is 0 Å². The molecule has 0 fully saturated rings. The van der Waals surface area contributed by atoms with E-state index in [1.807, 2.05) is 0 Å². The number of hydrogen-bond acceptors (Lipinski definition) is 3. The molecule has 0 amide bonds. The van der Waals surface area contributed by atoms with Crippen molar-refractivity contribution in [1.82, 2.24) is 0 Å². The average Bonchev–Trinajstić information content (AvgIpc) is 2.53. The molecule has 23 heavy (non-hydrogen) atoms. The summed E-state index contributed by atoms with van der Waals surface area (Å²) in [4.78, 5) is 11.6. The van der Waals surface area contributed by atoms with Crippen LogP contribution in [0.5, 0.6) is 0 Å². The summed E-state index contributed by atoms with van der Waals surface area (Å²) in [7, 11) is 0. The van der Waals surface area contributed by atoms with E-state index in [1.54, 1.807) is 0 Å². The summed E-state index contributed by atoms with van der Waals surface area (Å²) in [5, 5.41) is 9.79. The van der Waals surface area contributed by atoms with E-state index in [4.69, 9.17) is 4.74 Å². The Balaban J connectivity index is 3.27. The first kappa shape index (κ1) is 22.4. The van der Waals surface area contributed by atoms with Crippen LogP contribution in [0.15, 0.2) is 0 Å². The summed E-state index contributed by atoms with van der Waals surface area (Å²) in [5.41, 5.74) is 0. The van der Waals surface area contributed by atoms with E-state index in [1.165, 1.54) is 51.4 Å². The third kappa shape index (κ3) is 17.6. The van der Waals surface area contributed by atoms with E-state index >= 15 is 0 Å². The minimum Gasteiger partial charge on any atom is -0.466 e. The standard InChI is InChI=1S/C20H40O3/c1-3-5-7-8-9-10-11-13-18-23-20(22)17-14-16-19(21)15-12-6-4-2/h19,21H,3-18H2,1-2H3/t19-/m0/s1. The maximum atomic E-state index is 11.6. The molecule has 0 saturated carbocycles. The van der Waals surface area contributed by atoms with E-state index in [9.17, 15) is 9.90 Å². The van der Waals surface area contributed by atoms with Gasteiger partial charge < -0.3 is 9.84 Å². The summed E-state index contributed by atoms with van der Waals surface area (Å²) in [6.07, 6.45) is 16.0. The van der Waals surface area contributed by atoms with E-state index < -0.39 is 0 Å². The Labute approximate surface area is 144 Å². The van der Waals surface area contributed by atoms with Crippen LogP contribution in [0, 0.1) is 0 Å². The van der Waals surface area contributed by atoms with Crippen molar-refractivity contribution in [1.29, 1.82) is 0 Å². The van der Waals surface area contributed by atoms with Crippen molar-refractivity contribution in [3.63, 3.8) is 0 Å². The molecular formula is C20H40O3. The molecule has 0 rings (SSSR count). The van der Waals surface area contributed by atoms with Crippen molar-refractivity contribution in [2.45, 2.75) is 116 Å². The summed E-state index contributed by atoms with van der Waals surface area (Å²) < 4.78 is 5.25. The topological polar surface area (TPSA) is 46.5 Å². The quantitative estimate of drug-likeness (QED) is 0.272. The van der Waals surface area contributed by atoms with Crippen LogP contribution in [0.2, 0.25) is 0 Å². The number of aliphatic hydroxyl groups is 1. The normalized spacial score (nSPS) is 12.3. The van der Waals surface area contributed by atoms with Crippen molar-refractivity contribution < 1.29 is 14.6 Å². The first-order chi connectivity index (χ1) is 11.2. The highest BCUT2D eigenvalue weighted by atomic mass is 16.5. The molecule has 0 bridgehead atoms. The Morgan fingerprint density at radius 2 is 1.30 bits per heavy atom. The van der Waals surface area contributed by atoms with E-state index in [2.05, 4.69) is 13.8 Å². The molecule has 0 unspecified atom stereocenters. The number of aliphatic hydroxyl groups excluding tert-OH is 1. The second kappa shape index (κ2) is 17.8. The monoisotopic (exact) mass is 328 g/mol. The third-order valence-corrected chi connectivity index (χ3v) is 4.32. The lowest BCUT2D eigenvalue weighted by atomic mass is 10.1. The Hall–Kier alpha value is -0.570. The summed E-state index contributed by atoms with van der Waals surface area (Å²) >= 11 is 0. The van der Waals surface area contributed by atoms with Gasteiger partial charge in [0.05, 0.1) is 12.7 Å². The molecule has 0 aromatic carbocycles. The molecule has 1 atom stereocenters. The van der Waals surface area contributed by atoms with Gasteiger partial charge in [-0.05, 0) is 25.7 Å². The van der Waals surface area contributed by atoms with Crippen LogP contribution in [0.25, 0.3) is 0 Å². The van der Waals surface area contributed by atoms with Gasteiger partial charge in [-0.3, -0.25) is 4.79 Å². The predicted octanol–water partition coefficient (Wildman–Crippen LogP) is 5.78. The van der Waals surface area contributed by atoms with Crippen LogP contribution in [-0.4, -0.2) is 23.8 Å². The smallest absolute Gasteiger partial charge is 0.305 e. The maximum absolute atomic E-state index is 11.6. The lowest BCUT2D eigenvalue weighted by molar-refractivity contribution is -0.144. The zero-order chi connectivity index (χ0) is 17.2. The molecule has 0 aromatic heterocycles. The van der Waals surface area contributed by atoms with Gasteiger partial charge in [-0.25, -0.2) is 0 Å². The number of hydrogen-bond donors (Lipinski definition) is 1. The molecular weight excluding hydrogens is 288 g/mol. The van der Waals surface area contributed by atoms with Gasteiger partial charge in [0.25, 0.3) is 0 Å². The van der Waals surface area contributed by atoms with E-state index in [-0.39, 0.29) is 12.1 Å². The second-order valence-corrected chi connectivity index (χ2v) is 6.74. The van der Waals surface area contributed by atoms with Crippen molar-refractivity contribution in [2.75, 3.05) is 6.61 Å². The molecule has 3 nitrogen and oxygen atoms in total. The molecule has 0 saturated heterocycles. The second-order valence-electron chi connectivity index (χ2n) is 6.74. The molecule has 1 N–H and O–H groups in total. The molecule has 0 aliphatic carbocycles. The number of ether oxygens (including phenoxy) is 1. The molecule has 0 aromatic rings. The number of rotatable bonds is 17. The van der Waals surface area contributed by atoms with Crippen LogP contribution in [0.4, 0.5) is 0 Å². The van der Waals surface area contributed by atoms with E-state index in [0.717, 1.165) is 38.5 Å². The van der Waals surface area contributed by atoms with Gasteiger partial charge in [0, 0.05) is 6.42 Å². The van der Waals surface area contributed by atoms with Gasteiger partial charge in [0.2, 0.25) is 0 Å². The van der Waals surface area contributed by atoms with Gasteiger partial charge in [-0.2, -0.15) is 0 Å². The van der Waals surface area contributed by atoms with E-state index in [0.29, 0.717) is 13.0 Å². The van der Waals surface area contributed by atoms with Crippen LogP contribution in [0.1, 0.15) is 110 Å². The SMILES string of the molecule is CCCCCCCCCCOC(=O)CCC[C@@H](O)CCCCC. The van der Waals surface area contributed by atoms with Crippen LogP contribution in [-0.2, 0) is 9.53 Å². The lowest BCUT2D eigenvalue weighted by Crippen LogP contribution is -2.10. The fraction of sp³-hybridized carbons (Fsp3) is 0.950. The zero-order valence-corrected chi connectivity index (χ0v) is 15.7. The number of carbonyl (C=O) groups is 1. The molecule has 3 heteroatoms. The predicted molar refractivity (Wildman–Crippen MR) is 97.6 cm³/mol. The molecule has 0 radical (unpaired) electrons. The summed E-state index contributed by atoms with van der Waals surface area (Å²) in [6, 6.07) is 0. The number of esters is 1. The van der Waals surface area contributed by atoms with Crippen LogP contribution in [0.3, 0.4) is 0 Å². The van der Waals surface area contributed by atoms with Crippen LogP contribution >= 0.6 is 0 Å². The Morgan fingerprint density at radius 1 is 0.783 bits per heavy atom. The molecule has 0 aliphatic rings. The molecule has 138 valence electrons. The number of unbranched alkanes of at least 4 members (excludes halogenated alkanes) is 9. The van der Waals surface area contributed by atoms with Gasteiger partial charge in [0.15, 0.2) is 0 Å². The fourth-order valence-electron chi connectivity index (χ4n) is 2.75. The number of carbonyl (C=O) groups excluding carboxylic acids is 1. The van der Waals surface area contributed by atoms with Gasteiger partial charge in [-0.1, -0.05) is 78.1 Å². The van der Waals surface area contributed by atoms with Crippen molar-refractivity contribution in [2.24, 2.45) is 0 Å². The minimum absolute atomic E-state index is 0.103. The largest absolute Gasteiger partial charge is 0.466 e. The average molecular weight is 329 g/mol. The molecule has 0 heterocycles. The van der Waals surface area contributed by atoms with Gasteiger partial charge in [-0.15, -0.1) is 0 Å². The Bertz CT molecular complexity index is 253. The van der Waals surface area contributed by atoms with Gasteiger partial charge >= 0.3 is 5.97 Å². The van der Waals surface area contributed by atoms with Crippen molar-refractivity contribution in [3.05, 3.63) is 0 Å². The highest BCUT2D eigenvalue weighted by Gasteiger charge is 2.07. The highest BCUT2D eigenvalue weighted by Crippen LogP contribution is 2.11. The summed E-state index contributed by atoms with van der Waals surface area (Å²) in [6.45, 7) is 4.96. The lowest BCUT2D eigenvalue weighted by Gasteiger charge is -2.10. The first-order valence-corrected chi connectivity index (χ1v) is 10.0. The molecule has 0 aliphatic heterocycles. The highest BCUT2D eigenvalue weighted by molar-refractivity contribution is 5.69. The Morgan fingerprint density at radius 3 is 1.96 bits per heavy atom. The zero-order valence-electron chi connectivity index (χ0n) is 15.7. The Kier molecular flexibility index (Phi) is 17.3. The summed E-state index contributed by atoms with van der Waals surface area (Å²) in [5.74, 6) is -0.103. The first-order valence-electron chi connectivity index (χ1n) is 10.0. The maximum Gasteiger partial charge on any atom is 0.305 e. The van der Waals surface area contributed by atoms with Crippen LogP contribution < -0.4 is 0 Å².